The van der Waals surface area contributed by atoms with E-state index in [1.807, 2.05) is 23.1 Å². The summed E-state index contributed by atoms with van der Waals surface area (Å²) in [6, 6.07) is 6.23. The maximum Gasteiger partial charge on any atom is 0.235 e. The fourth-order valence-electron chi connectivity index (χ4n) is 7.45. The van der Waals surface area contributed by atoms with E-state index in [1.54, 1.807) is 20.2 Å². The van der Waals surface area contributed by atoms with Crippen molar-refractivity contribution in [3.63, 3.8) is 0 Å². The normalized spacial score (nSPS) is 32.6. The number of Topliss-reactive ketones (excluding diaryl/α,β-unsaturated/α-hetero) is 4. The molecular weight excluding hydrogens is 518 g/mol. The number of likely N-dealkylation sites (tertiary alicyclic amines) is 1. The van der Waals surface area contributed by atoms with E-state index in [0.29, 0.717) is 36.0 Å². The Morgan fingerprint density at radius 3 is 2.45 bits per heavy atom. The minimum Gasteiger partial charge on any atom is -0.507 e. The summed E-state index contributed by atoms with van der Waals surface area (Å²) < 4.78 is 0. The molecule has 0 spiro atoms. The number of primary amides is 1. The third kappa shape index (κ3) is 3.61. The number of fused-ring (bicyclic) bond motifs is 4. The Hall–Kier alpha value is -3.51. The number of β-amino-alcohol motifs (C(OH)–C–C–N with tert-alkyl or cyclic N) is 1. The zero-order valence-electron chi connectivity index (χ0n) is 22.2. The van der Waals surface area contributed by atoms with E-state index < -0.39 is 64.4 Å². The van der Waals surface area contributed by atoms with Crippen LogP contribution in [0, 0.1) is 23.7 Å². The molecule has 5 N–H and O–H groups in total. The van der Waals surface area contributed by atoms with Gasteiger partial charge in [0.15, 0.2) is 34.7 Å². The zero-order valence-corrected chi connectivity index (χ0v) is 22.2. The maximum atomic E-state index is 13.9. The predicted molar refractivity (Wildman–Crippen MR) is 140 cm³/mol. The molecule has 0 aromatic heterocycles. The molecule has 2 unspecified atom stereocenters. The number of hydrogen-bond donors (Lipinski definition) is 4. The van der Waals surface area contributed by atoms with Crippen molar-refractivity contribution < 1.29 is 39.3 Å². The van der Waals surface area contributed by atoms with Gasteiger partial charge in [-0.05, 0) is 55.4 Å². The second-order valence-electron chi connectivity index (χ2n) is 12.0. The van der Waals surface area contributed by atoms with E-state index in [2.05, 4.69) is 0 Å². The van der Waals surface area contributed by atoms with Gasteiger partial charge in [0.05, 0.1) is 23.6 Å². The van der Waals surface area contributed by atoms with Crippen molar-refractivity contribution in [1.29, 1.82) is 0 Å². The molecule has 11 heteroatoms. The van der Waals surface area contributed by atoms with Crippen molar-refractivity contribution in [2.75, 3.05) is 27.2 Å². The lowest BCUT2D eigenvalue weighted by Gasteiger charge is -2.52. The number of hydrogen-bond acceptors (Lipinski definition) is 10. The predicted octanol–water partition coefficient (Wildman–Crippen LogP) is -0.803. The number of aliphatic hydroxyl groups is 2. The molecule has 2 saturated carbocycles. The third-order valence-electron chi connectivity index (χ3n) is 9.27. The number of phenolic OH excluding ortho intramolecular Hbond substituents is 1. The Kier molecular flexibility index (Phi) is 6.01. The number of rotatable bonds is 4. The van der Waals surface area contributed by atoms with Gasteiger partial charge in [-0.2, -0.15) is 0 Å². The lowest BCUT2D eigenvalue weighted by Crippen LogP contribution is -2.74. The number of aromatic hydroxyl groups is 1. The Morgan fingerprint density at radius 1 is 1.12 bits per heavy atom. The molecule has 2 aromatic carbocycles. The van der Waals surface area contributed by atoms with Gasteiger partial charge in [0.25, 0.3) is 0 Å². The van der Waals surface area contributed by atoms with Gasteiger partial charge >= 0.3 is 0 Å². The number of aliphatic hydroxyl groups excluding tert-OH is 1. The highest BCUT2D eigenvalue weighted by Crippen LogP contribution is 2.51. The number of nitrogens with zero attached hydrogens (tertiary/aromatic N) is 2. The van der Waals surface area contributed by atoms with Crippen LogP contribution in [0.5, 0.6) is 5.75 Å². The standard InChI is InChI=1S/C29H31N3O8/c1-31(2)22-18-8-15-7-14-6-13-4-3-12(9-32-10-16(33)11-32)5-17(13)23(34)19(14)24(35)20(15)26(37)29(18,40)27(38)21(25(22)36)28(30)39/h3-6,15-16,18,20-22,33-34,40H,7-11H2,1-2H3,(H2,30,39)/t15-,18-,20?,21?,22-,29-/m0/s1. The second-order valence-corrected chi connectivity index (χ2v) is 12.0. The first-order valence-electron chi connectivity index (χ1n) is 13.4. The van der Waals surface area contributed by atoms with Crippen LogP contribution in [0.25, 0.3) is 10.8 Å². The van der Waals surface area contributed by atoms with E-state index in [4.69, 9.17) is 5.73 Å². The summed E-state index contributed by atoms with van der Waals surface area (Å²) in [6.45, 7) is 1.67. The summed E-state index contributed by atoms with van der Waals surface area (Å²) in [5, 5.41) is 33.7. The second kappa shape index (κ2) is 9.00. The Labute approximate surface area is 229 Å². The van der Waals surface area contributed by atoms with Crippen molar-refractivity contribution in [3.05, 3.63) is 41.0 Å². The van der Waals surface area contributed by atoms with Gasteiger partial charge in [-0.25, -0.2) is 0 Å². The number of carbonyl (C=O) groups excluding carboxylic acids is 5. The molecule has 1 saturated heterocycles. The van der Waals surface area contributed by atoms with Crippen molar-refractivity contribution in [2.45, 2.75) is 37.1 Å². The van der Waals surface area contributed by atoms with Crippen LogP contribution in [-0.4, -0.2) is 99.1 Å². The van der Waals surface area contributed by atoms with Crippen LogP contribution in [0.4, 0.5) is 0 Å². The Morgan fingerprint density at radius 2 is 1.82 bits per heavy atom. The van der Waals surface area contributed by atoms with Crippen LogP contribution < -0.4 is 5.73 Å². The Balaban J connectivity index is 1.42. The van der Waals surface area contributed by atoms with E-state index in [9.17, 15) is 39.3 Å². The molecule has 3 aliphatic carbocycles. The smallest absolute Gasteiger partial charge is 0.235 e. The number of phenols is 1. The number of amides is 1. The molecule has 210 valence electrons. The van der Waals surface area contributed by atoms with Crippen molar-refractivity contribution in [3.8, 4) is 5.75 Å². The first-order chi connectivity index (χ1) is 18.8. The quantitative estimate of drug-likeness (QED) is 0.353. The molecule has 2 aromatic rings. The number of nitrogens with two attached hydrogens (primary N) is 1. The average molecular weight is 550 g/mol. The molecule has 6 atom stereocenters. The lowest BCUT2D eigenvalue weighted by atomic mass is 9.52. The first-order valence-corrected chi connectivity index (χ1v) is 13.4. The number of likely N-dealkylation sites (N-methyl/N-ethyl adjacent to an activating group) is 1. The summed E-state index contributed by atoms with van der Waals surface area (Å²) in [5.41, 5.74) is 4.04. The third-order valence-corrected chi connectivity index (χ3v) is 9.27. The average Bonchev–Trinajstić information content (AvgIpc) is 2.85. The molecule has 0 radical (unpaired) electrons. The minimum absolute atomic E-state index is 0.0172. The molecule has 3 fully saturated rings. The highest BCUT2D eigenvalue weighted by molar-refractivity contribution is 6.32. The fourth-order valence-corrected chi connectivity index (χ4v) is 7.45. The van der Waals surface area contributed by atoms with Crippen molar-refractivity contribution in [2.24, 2.45) is 29.4 Å². The van der Waals surface area contributed by atoms with Crippen LogP contribution in [0.2, 0.25) is 0 Å². The fraction of sp³-hybridized carbons (Fsp3) is 0.483. The topological polar surface area (TPSA) is 179 Å². The largest absolute Gasteiger partial charge is 0.507 e. The van der Waals surface area contributed by atoms with Crippen molar-refractivity contribution in [1.82, 2.24) is 9.80 Å². The molecule has 4 aliphatic rings. The van der Waals surface area contributed by atoms with Gasteiger partial charge in [0, 0.05) is 30.9 Å². The summed E-state index contributed by atoms with van der Waals surface area (Å²) in [6.07, 6.45) is -0.110. The zero-order chi connectivity index (χ0) is 28.8. The van der Waals surface area contributed by atoms with Gasteiger partial charge in [0.2, 0.25) is 5.91 Å². The maximum absolute atomic E-state index is 13.9. The number of ketones is 4. The van der Waals surface area contributed by atoms with Gasteiger partial charge in [-0.1, -0.05) is 18.2 Å². The SMILES string of the molecule is CN(C)[C@@H]1C(=O)C(C(N)=O)C(=O)[C@@]2(O)C(=O)C3C(=O)c4c(cc5ccc(CN6CC(O)C6)cc5c4O)C[C@H]3C[C@@H]12. The highest BCUT2D eigenvalue weighted by atomic mass is 16.3. The molecular formula is C29H31N3O8. The molecule has 1 heterocycles. The van der Waals surface area contributed by atoms with E-state index in [0.717, 1.165) is 5.56 Å². The lowest BCUT2D eigenvalue weighted by molar-refractivity contribution is -0.181. The van der Waals surface area contributed by atoms with Gasteiger partial charge < -0.3 is 21.1 Å². The monoisotopic (exact) mass is 549 g/mol. The van der Waals surface area contributed by atoms with Gasteiger partial charge in [0.1, 0.15) is 5.75 Å². The minimum atomic E-state index is -2.74. The van der Waals surface area contributed by atoms with Gasteiger partial charge in [-0.15, -0.1) is 0 Å². The summed E-state index contributed by atoms with van der Waals surface area (Å²) in [4.78, 5) is 70.0. The van der Waals surface area contributed by atoms with Crippen LogP contribution >= 0.6 is 0 Å². The van der Waals surface area contributed by atoms with E-state index in [-0.39, 0.29) is 30.3 Å². The molecule has 1 amide bonds. The van der Waals surface area contributed by atoms with E-state index >= 15 is 0 Å². The summed E-state index contributed by atoms with van der Waals surface area (Å²) in [5.74, 6) is -10.5. The van der Waals surface area contributed by atoms with Crippen molar-refractivity contribution >= 4 is 39.8 Å². The first kappa shape index (κ1) is 26.7. The number of carbonyl (C=O) groups is 5. The van der Waals surface area contributed by atoms with Crippen LogP contribution in [0.15, 0.2) is 24.3 Å². The summed E-state index contributed by atoms with van der Waals surface area (Å²) >= 11 is 0. The molecule has 40 heavy (non-hydrogen) atoms. The van der Waals surface area contributed by atoms with Crippen LogP contribution in [0.3, 0.4) is 0 Å². The molecule has 6 rings (SSSR count). The molecule has 11 nitrogen and oxygen atoms in total. The van der Waals surface area contributed by atoms with Gasteiger partial charge in [-0.3, -0.25) is 33.8 Å². The highest BCUT2D eigenvalue weighted by Gasteiger charge is 2.69. The van der Waals surface area contributed by atoms with Crippen LogP contribution in [-0.2, 0) is 32.1 Å². The molecule has 0 bridgehead atoms. The Bertz CT molecular complexity index is 1510. The van der Waals surface area contributed by atoms with Crippen LogP contribution in [0.1, 0.15) is 27.9 Å². The molecule has 1 aliphatic heterocycles. The summed E-state index contributed by atoms with van der Waals surface area (Å²) in [7, 11) is 3.11. The number of benzene rings is 2. The van der Waals surface area contributed by atoms with E-state index in [1.165, 1.54) is 4.90 Å².